The number of carbonyl (C=O) groups excluding carboxylic acids is 1. The highest BCUT2D eigenvalue weighted by Crippen LogP contribution is 2.42. The van der Waals surface area contributed by atoms with Crippen molar-refractivity contribution in [1.82, 2.24) is 0 Å². The van der Waals surface area contributed by atoms with Gasteiger partial charge >= 0.3 is 0 Å². The fraction of sp³-hybridized carbons (Fsp3) is 0.462. The van der Waals surface area contributed by atoms with Gasteiger partial charge in [0.25, 0.3) is 0 Å². The van der Waals surface area contributed by atoms with Gasteiger partial charge in [-0.2, -0.15) is 0 Å². The molecule has 0 aliphatic carbocycles. The van der Waals surface area contributed by atoms with Crippen molar-refractivity contribution in [2.75, 3.05) is 19.0 Å². The standard InChI is InChI=1S/C13H17ClN2O2/c1-13(2)8-4-7(10(15)6-18-3)5-9(14)11(8)16-12(13)17/h4-5,10H,6,15H2,1-3H3,(H,16,17). The van der Waals surface area contributed by atoms with Gasteiger partial charge in [0.2, 0.25) is 5.91 Å². The van der Waals surface area contributed by atoms with Gasteiger partial charge in [-0.05, 0) is 31.0 Å². The molecule has 1 atom stereocenters. The summed E-state index contributed by atoms with van der Waals surface area (Å²) in [7, 11) is 1.60. The van der Waals surface area contributed by atoms with Crippen molar-refractivity contribution in [3.05, 3.63) is 28.3 Å². The average Bonchev–Trinajstić information content (AvgIpc) is 2.52. The zero-order valence-corrected chi connectivity index (χ0v) is 11.5. The lowest BCUT2D eigenvalue weighted by atomic mass is 9.85. The molecular formula is C13H17ClN2O2. The van der Waals surface area contributed by atoms with E-state index in [0.29, 0.717) is 17.3 Å². The Hall–Kier alpha value is -1.10. The molecule has 1 unspecified atom stereocenters. The summed E-state index contributed by atoms with van der Waals surface area (Å²) in [6, 6.07) is 3.47. The monoisotopic (exact) mass is 268 g/mol. The van der Waals surface area contributed by atoms with Gasteiger partial charge in [0.1, 0.15) is 0 Å². The lowest BCUT2D eigenvalue weighted by Gasteiger charge is -2.18. The highest BCUT2D eigenvalue weighted by molar-refractivity contribution is 6.35. The molecule has 4 nitrogen and oxygen atoms in total. The van der Waals surface area contributed by atoms with Crippen LogP contribution in [0.2, 0.25) is 5.02 Å². The molecule has 0 spiro atoms. The normalized spacial score (nSPS) is 18.4. The van der Waals surface area contributed by atoms with Crippen molar-refractivity contribution < 1.29 is 9.53 Å². The Bertz CT molecular complexity index is 500. The van der Waals surface area contributed by atoms with Crippen molar-refractivity contribution in [3.8, 4) is 0 Å². The Kier molecular flexibility index (Phi) is 3.36. The van der Waals surface area contributed by atoms with Crippen LogP contribution in [-0.4, -0.2) is 19.6 Å². The number of amides is 1. The molecule has 0 bridgehead atoms. The summed E-state index contributed by atoms with van der Waals surface area (Å²) < 4.78 is 5.04. The van der Waals surface area contributed by atoms with Gasteiger partial charge in [-0.3, -0.25) is 4.79 Å². The van der Waals surface area contributed by atoms with E-state index in [4.69, 9.17) is 22.1 Å². The minimum atomic E-state index is -0.582. The van der Waals surface area contributed by atoms with Gasteiger partial charge in [0.15, 0.2) is 0 Å². The highest BCUT2D eigenvalue weighted by atomic mass is 35.5. The molecule has 3 N–H and O–H groups in total. The number of rotatable bonds is 3. The van der Waals surface area contributed by atoms with E-state index in [1.165, 1.54) is 0 Å². The molecule has 0 saturated heterocycles. The molecular weight excluding hydrogens is 252 g/mol. The second-order valence-electron chi connectivity index (χ2n) is 5.07. The number of hydrogen-bond acceptors (Lipinski definition) is 3. The van der Waals surface area contributed by atoms with Crippen LogP contribution in [0.1, 0.15) is 31.0 Å². The number of methoxy groups -OCH3 is 1. The van der Waals surface area contributed by atoms with Crippen LogP contribution in [0.3, 0.4) is 0 Å². The average molecular weight is 269 g/mol. The second-order valence-corrected chi connectivity index (χ2v) is 5.47. The fourth-order valence-electron chi connectivity index (χ4n) is 2.13. The number of ether oxygens (including phenoxy) is 1. The van der Waals surface area contributed by atoms with E-state index in [9.17, 15) is 4.79 Å². The molecule has 5 heteroatoms. The van der Waals surface area contributed by atoms with E-state index < -0.39 is 5.41 Å². The molecule has 2 rings (SSSR count). The SMILES string of the molecule is COCC(N)c1cc(Cl)c2c(c1)C(C)(C)C(=O)N2. The first kappa shape index (κ1) is 13.3. The third-order valence-electron chi connectivity index (χ3n) is 3.37. The molecule has 1 aromatic carbocycles. The van der Waals surface area contributed by atoms with Gasteiger partial charge in [-0.15, -0.1) is 0 Å². The molecule has 0 fully saturated rings. The molecule has 1 heterocycles. The largest absolute Gasteiger partial charge is 0.383 e. The van der Waals surface area contributed by atoms with Gasteiger partial charge < -0.3 is 15.8 Å². The van der Waals surface area contributed by atoms with Crippen molar-refractivity contribution in [1.29, 1.82) is 0 Å². The van der Waals surface area contributed by atoms with E-state index in [2.05, 4.69) is 5.32 Å². The number of fused-ring (bicyclic) bond motifs is 1. The number of hydrogen-bond donors (Lipinski definition) is 2. The van der Waals surface area contributed by atoms with Crippen molar-refractivity contribution >= 4 is 23.2 Å². The van der Waals surface area contributed by atoms with Crippen LogP contribution in [-0.2, 0) is 14.9 Å². The summed E-state index contributed by atoms with van der Waals surface area (Å²) in [5.74, 6) is -0.0446. The molecule has 0 saturated carbocycles. The molecule has 98 valence electrons. The zero-order chi connectivity index (χ0) is 13.5. The van der Waals surface area contributed by atoms with Crippen LogP contribution in [0.5, 0.6) is 0 Å². The fourth-order valence-corrected chi connectivity index (χ4v) is 2.40. The Balaban J connectivity index is 2.49. The van der Waals surface area contributed by atoms with Crippen LogP contribution in [0.15, 0.2) is 12.1 Å². The summed E-state index contributed by atoms with van der Waals surface area (Å²) in [5.41, 5.74) is 7.89. The number of anilines is 1. The molecule has 1 aliphatic heterocycles. The smallest absolute Gasteiger partial charge is 0.234 e. The highest BCUT2D eigenvalue weighted by Gasteiger charge is 2.39. The Labute approximate surface area is 111 Å². The predicted octanol–water partition coefficient (Wildman–Crippen LogP) is 2.22. The van der Waals surface area contributed by atoms with Crippen LogP contribution >= 0.6 is 11.6 Å². The van der Waals surface area contributed by atoms with Gasteiger partial charge in [0, 0.05) is 7.11 Å². The van der Waals surface area contributed by atoms with Crippen molar-refractivity contribution in [2.45, 2.75) is 25.3 Å². The lowest BCUT2D eigenvalue weighted by molar-refractivity contribution is -0.119. The quantitative estimate of drug-likeness (QED) is 0.883. The predicted molar refractivity (Wildman–Crippen MR) is 71.9 cm³/mol. The molecule has 1 aromatic rings. The first-order valence-corrected chi connectivity index (χ1v) is 6.15. The molecule has 0 aromatic heterocycles. The summed E-state index contributed by atoms with van der Waals surface area (Å²) in [5, 5.41) is 3.33. The lowest BCUT2D eigenvalue weighted by Crippen LogP contribution is -2.27. The molecule has 1 amide bonds. The summed E-state index contributed by atoms with van der Waals surface area (Å²) in [6.07, 6.45) is 0. The van der Waals surface area contributed by atoms with E-state index in [-0.39, 0.29) is 11.9 Å². The van der Waals surface area contributed by atoms with Crippen LogP contribution in [0.4, 0.5) is 5.69 Å². The molecule has 18 heavy (non-hydrogen) atoms. The van der Waals surface area contributed by atoms with Gasteiger partial charge in [-0.25, -0.2) is 0 Å². The maximum absolute atomic E-state index is 11.9. The number of nitrogens with two attached hydrogens (primary N) is 1. The number of benzene rings is 1. The van der Waals surface area contributed by atoms with E-state index in [1.807, 2.05) is 19.9 Å². The first-order valence-electron chi connectivity index (χ1n) is 5.77. The number of carbonyl (C=O) groups is 1. The minimum absolute atomic E-state index is 0.0446. The van der Waals surface area contributed by atoms with Crippen LogP contribution in [0.25, 0.3) is 0 Å². The first-order chi connectivity index (χ1) is 8.37. The van der Waals surface area contributed by atoms with Crippen molar-refractivity contribution in [2.24, 2.45) is 5.73 Å². The number of nitrogens with one attached hydrogen (secondary N) is 1. The van der Waals surface area contributed by atoms with Gasteiger partial charge in [-0.1, -0.05) is 17.7 Å². The Morgan fingerprint density at radius 2 is 2.17 bits per heavy atom. The van der Waals surface area contributed by atoms with E-state index in [0.717, 1.165) is 11.1 Å². The summed E-state index contributed by atoms with van der Waals surface area (Å²) in [6.45, 7) is 4.16. The summed E-state index contributed by atoms with van der Waals surface area (Å²) in [4.78, 5) is 11.9. The maximum atomic E-state index is 11.9. The van der Waals surface area contributed by atoms with Crippen molar-refractivity contribution in [3.63, 3.8) is 0 Å². The van der Waals surface area contributed by atoms with Gasteiger partial charge in [0.05, 0.1) is 28.8 Å². The topological polar surface area (TPSA) is 64.3 Å². The maximum Gasteiger partial charge on any atom is 0.234 e. The Morgan fingerprint density at radius 1 is 1.50 bits per heavy atom. The minimum Gasteiger partial charge on any atom is -0.383 e. The molecule has 0 radical (unpaired) electrons. The van der Waals surface area contributed by atoms with E-state index in [1.54, 1.807) is 13.2 Å². The summed E-state index contributed by atoms with van der Waals surface area (Å²) >= 11 is 6.20. The van der Waals surface area contributed by atoms with Crippen LogP contribution in [0, 0.1) is 0 Å². The zero-order valence-electron chi connectivity index (χ0n) is 10.7. The molecule has 1 aliphatic rings. The Morgan fingerprint density at radius 3 is 2.78 bits per heavy atom. The van der Waals surface area contributed by atoms with Crippen LogP contribution < -0.4 is 11.1 Å². The third kappa shape index (κ3) is 2.00. The number of halogens is 1. The second kappa shape index (κ2) is 4.53. The third-order valence-corrected chi connectivity index (χ3v) is 3.66. The van der Waals surface area contributed by atoms with E-state index >= 15 is 0 Å².